The fourth-order valence-corrected chi connectivity index (χ4v) is 6.21. The number of aliphatic hydroxyl groups excluding tert-OH is 3. The van der Waals surface area contributed by atoms with Crippen molar-refractivity contribution in [3.63, 3.8) is 0 Å². The first-order chi connectivity index (χ1) is 16.5. The van der Waals surface area contributed by atoms with E-state index < -0.39 is 30.5 Å². The molecule has 0 spiro atoms. The van der Waals surface area contributed by atoms with Gasteiger partial charge in [0.1, 0.15) is 18.3 Å². The van der Waals surface area contributed by atoms with E-state index in [0.717, 1.165) is 30.4 Å². The summed E-state index contributed by atoms with van der Waals surface area (Å²) >= 11 is 0. The molecule has 8 heteroatoms. The maximum absolute atomic E-state index is 11.7. The Bertz CT molecular complexity index is 1000. The topological polar surface area (TPSA) is 131 Å². The van der Waals surface area contributed by atoms with Crippen molar-refractivity contribution in [3.05, 3.63) is 33.9 Å². The molecule has 3 aliphatic rings. The zero-order valence-electron chi connectivity index (χ0n) is 21.3. The third kappa shape index (κ3) is 4.81. The Morgan fingerprint density at radius 3 is 2.46 bits per heavy atom. The molecule has 1 aliphatic heterocycles. The highest BCUT2D eigenvalue weighted by Crippen LogP contribution is 2.58. The van der Waals surface area contributed by atoms with Crippen molar-refractivity contribution in [2.24, 2.45) is 11.7 Å². The molecular formula is C27H39NO7. The molecule has 1 heterocycles. The number of carbonyl (C=O) groups excluding carboxylic acids is 1. The van der Waals surface area contributed by atoms with Crippen molar-refractivity contribution in [2.75, 3.05) is 13.2 Å². The van der Waals surface area contributed by atoms with Crippen LogP contribution in [-0.2, 0) is 9.53 Å². The number of carbonyl (C=O) groups is 1. The van der Waals surface area contributed by atoms with Crippen molar-refractivity contribution < 1.29 is 34.3 Å². The molecule has 4 rings (SSSR count). The molecule has 35 heavy (non-hydrogen) atoms. The highest BCUT2D eigenvalue weighted by Gasteiger charge is 2.44. The molecule has 1 amide bonds. The van der Waals surface area contributed by atoms with Gasteiger partial charge in [-0.3, -0.25) is 4.79 Å². The Hall–Kier alpha value is -2.13. The van der Waals surface area contributed by atoms with E-state index in [1.54, 1.807) is 0 Å². The maximum atomic E-state index is 11.7. The van der Waals surface area contributed by atoms with E-state index in [0.29, 0.717) is 23.3 Å². The molecule has 2 aliphatic carbocycles. The first-order valence-electron chi connectivity index (χ1n) is 12.6. The quantitative estimate of drug-likeness (QED) is 0.452. The summed E-state index contributed by atoms with van der Waals surface area (Å²) in [5.41, 5.74) is 11.1. The number of hydrogen-bond acceptors (Lipinski definition) is 7. The van der Waals surface area contributed by atoms with Crippen molar-refractivity contribution >= 4 is 5.91 Å². The molecule has 5 N–H and O–H groups in total. The lowest BCUT2D eigenvalue weighted by Crippen LogP contribution is -2.55. The van der Waals surface area contributed by atoms with Gasteiger partial charge in [-0.05, 0) is 74.5 Å². The molecule has 194 valence electrons. The van der Waals surface area contributed by atoms with Gasteiger partial charge in [0.25, 0.3) is 5.91 Å². The zero-order valence-corrected chi connectivity index (χ0v) is 21.3. The second-order valence-corrected chi connectivity index (χ2v) is 10.8. The first-order valence-corrected chi connectivity index (χ1v) is 12.6. The lowest BCUT2D eigenvalue weighted by atomic mass is 9.62. The summed E-state index contributed by atoms with van der Waals surface area (Å²) in [7, 11) is 0. The summed E-state index contributed by atoms with van der Waals surface area (Å²) in [6, 6.07) is 0. The minimum Gasteiger partial charge on any atom is -0.480 e. The Kier molecular flexibility index (Phi) is 7.48. The van der Waals surface area contributed by atoms with Gasteiger partial charge in [0.05, 0.1) is 6.61 Å². The third-order valence-electron chi connectivity index (χ3n) is 7.81. The van der Waals surface area contributed by atoms with Crippen LogP contribution in [0.2, 0.25) is 0 Å². The summed E-state index contributed by atoms with van der Waals surface area (Å²) in [5, 5.41) is 30.7. The molecule has 8 atom stereocenters. The van der Waals surface area contributed by atoms with Crippen LogP contribution in [0.25, 0.3) is 0 Å². The molecule has 0 saturated carbocycles. The van der Waals surface area contributed by atoms with Crippen molar-refractivity contribution in [2.45, 2.75) is 96.2 Å². The number of ether oxygens (including phenoxy) is 3. The number of aliphatic hydroxyl groups is 3. The molecule has 1 fully saturated rings. The predicted octanol–water partition coefficient (Wildman–Crippen LogP) is 2.75. The number of nitrogens with two attached hydrogens (primary N) is 1. The van der Waals surface area contributed by atoms with E-state index in [4.69, 9.17) is 19.9 Å². The molecule has 1 saturated heterocycles. The number of rotatable bonds is 6. The lowest BCUT2D eigenvalue weighted by molar-refractivity contribution is -0.242. The summed E-state index contributed by atoms with van der Waals surface area (Å²) < 4.78 is 17.8. The number of allylic oxidation sites excluding steroid dienone is 2. The molecule has 0 radical (unpaired) electrons. The lowest BCUT2D eigenvalue weighted by Gasteiger charge is -2.44. The van der Waals surface area contributed by atoms with E-state index in [1.165, 1.54) is 16.7 Å². The largest absolute Gasteiger partial charge is 0.480 e. The number of benzene rings is 1. The zero-order chi connectivity index (χ0) is 25.6. The van der Waals surface area contributed by atoms with E-state index in [2.05, 4.69) is 33.8 Å². The number of primary amides is 1. The van der Waals surface area contributed by atoms with Gasteiger partial charge in [0.15, 0.2) is 18.1 Å². The van der Waals surface area contributed by atoms with Crippen LogP contribution in [0.1, 0.15) is 87.0 Å². The van der Waals surface area contributed by atoms with Gasteiger partial charge in [0.2, 0.25) is 6.29 Å². The van der Waals surface area contributed by atoms with Gasteiger partial charge in [-0.15, -0.1) is 0 Å². The summed E-state index contributed by atoms with van der Waals surface area (Å²) in [6.07, 6.45) is 0.147. The molecule has 1 aromatic rings. The fraction of sp³-hybridized carbons (Fsp3) is 0.667. The monoisotopic (exact) mass is 489 g/mol. The molecule has 8 nitrogen and oxygen atoms in total. The average Bonchev–Trinajstić information content (AvgIpc) is 2.77. The van der Waals surface area contributed by atoms with Crippen LogP contribution in [-0.4, -0.2) is 59.0 Å². The molecule has 0 aromatic heterocycles. The normalized spacial score (nSPS) is 34.1. The summed E-state index contributed by atoms with van der Waals surface area (Å²) in [6.45, 7) is 10.2. The Balaban J connectivity index is 1.92. The highest BCUT2D eigenvalue weighted by atomic mass is 16.7. The Morgan fingerprint density at radius 1 is 1.09 bits per heavy atom. The average molecular weight is 490 g/mol. The first kappa shape index (κ1) is 25.9. The van der Waals surface area contributed by atoms with Gasteiger partial charge in [-0.2, -0.15) is 0 Å². The van der Waals surface area contributed by atoms with Gasteiger partial charge in [-0.25, -0.2) is 0 Å². The Morgan fingerprint density at radius 2 is 1.80 bits per heavy atom. The van der Waals surface area contributed by atoms with Crippen LogP contribution >= 0.6 is 0 Å². The highest BCUT2D eigenvalue weighted by molar-refractivity contribution is 5.76. The van der Waals surface area contributed by atoms with Gasteiger partial charge in [-0.1, -0.05) is 25.5 Å². The van der Waals surface area contributed by atoms with Crippen LogP contribution in [0.15, 0.2) is 11.6 Å². The van der Waals surface area contributed by atoms with Gasteiger partial charge in [0, 0.05) is 11.5 Å². The van der Waals surface area contributed by atoms with Crippen LogP contribution in [0, 0.1) is 12.8 Å². The van der Waals surface area contributed by atoms with Crippen LogP contribution < -0.4 is 15.2 Å². The van der Waals surface area contributed by atoms with Crippen LogP contribution in [0.3, 0.4) is 0 Å². The van der Waals surface area contributed by atoms with E-state index in [9.17, 15) is 20.1 Å². The summed E-state index contributed by atoms with van der Waals surface area (Å²) in [4.78, 5) is 11.7. The van der Waals surface area contributed by atoms with Crippen molar-refractivity contribution in [3.8, 4) is 11.5 Å². The van der Waals surface area contributed by atoms with E-state index in [1.807, 2.05) is 6.92 Å². The molecule has 0 bridgehead atoms. The fourth-order valence-electron chi connectivity index (χ4n) is 6.21. The predicted molar refractivity (Wildman–Crippen MR) is 131 cm³/mol. The third-order valence-corrected chi connectivity index (χ3v) is 7.81. The van der Waals surface area contributed by atoms with Gasteiger partial charge < -0.3 is 35.3 Å². The minimum absolute atomic E-state index is 0.153. The molecule has 1 aromatic carbocycles. The van der Waals surface area contributed by atoms with Crippen molar-refractivity contribution in [1.82, 2.24) is 0 Å². The van der Waals surface area contributed by atoms with E-state index >= 15 is 0 Å². The molecular weight excluding hydrogens is 450 g/mol. The SMILES string of the molecule is CC(C)=C[C@H]1CC(C)C2CCC(C)c3c(OC4OCC(O)C(O)C4O)c(OCC(N)=O)c(C)c1c32. The second kappa shape index (κ2) is 10.1. The van der Waals surface area contributed by atoms with Gasteiger partial charge >= 0.3 is 0 Å². The van der Waals surface area contributed by atoms with Crippen LogP contribution in [0.4, 0.5) is 0 Å². The Labute approximate surface area is 207 Å². The summed E-state index contributed by atoms with van der Waals surface area (Å²) in [5.74, 6) is 1.46. The second-order valence-electron chi connectivity index (χ2n) is 10.8. The smallest absolute Gasteiger partial charge is 0.255 e. The standard InChI is InChI=1S/C27H39NO7/c1-12(2)8-16-9-14(4)17-7-6-13(3)20-22(17)21(16)15(5)25(33-11-19(28)30)26(20)35-27-24(32)23(31)18(29)10-34-27/h8,13-14,16-18,23-24,27,29,31-32H,6-7,9-11H2,1-5H3,(H2,28,30)/t13?,14?,16-,17?,18?,23?,24?,27?/m0/s1. The van der Waals surface area contributed by atoms with Crippen LogP contribution in [0.5, 0.6) is 11.5 Å². The number of amides is 1. The number of hydrogen-bond donors (Lipinski definition) is 4. The molecule has 7 unspecified atom stereocenters. The minimum atomic E-state index is -1.45. The van der Waals surface area contributed by atoms with Crippen molar-refractivity contribution in [1.29, 1.82) is 0 Å². The van der Waals surface area contributed by atoms with E-state index in [-0.39, 0.29) is 25.0 Å². The maximum Gasteiger partial charge on any atom is 0.255 e.